The molecule has 5 heterocycles. The van der Waals surface area contributed by atoms with E-state index in [2.05, 4.69) is 29.2 Å². The van der Waals surface area contributed by atoms with Crippen molar-refractivity contribution in [2.24, 2.45) is 5.92 Å². The number of ether oxygens (including phenoxy) is 1. The molecule has 0 radical (unpaired) electrons. The predicted molar refractivity (Wildman–Crippen MR) is 78.0 cm³/mol. The van der Waals surface area contributed by atoms with Gasteiger partial charge in [0, 0.05) is 29.8 Å². The van der Waals surface area contributed by atoms with E-state index in [1.165, 1.54) is 36.9 Å². The van der Waals surface area contributed by atoms with Crippen molar-refractivity contribution >= 4 is 10.9 Å². The maximum absolute atomic E-state index is 6.42. The van der Waals surface area contributed by atoms with Crippen molar-refractivity contribution in [2.45, 2.75) is 24.9 Å². The zero-order valence-corrected chi connectivity index (χ0v) is 11.5. The van der Waals surface area contributed by atoms with Gasteiger partial charge in [0.05, 0.1) is 5.52 Å². The minimum Gasteiger partial charge on any atom is -0.469 e. The van der Waals surface area contributed by atoms with Gasteiger partial charge >= 0.3 is 0 Å². The highest BCUT2D eigenvalue weighted by atomic mass is 16.5. The molecule has 1 spiro atoms. The monoisotopic (exact) mass is 266 g/mol. The molecule has 1 unspecified atom stereocenters. The van der Waals surface area contributed by atoms with Gasteiger partial charge in [-0.05, 0) is 38.1 Å². The fraction of sp³-hybridized carbons (Fsp3) is 0.471. The minimum absolute atomic E-state index is 0.0171. The van der Waals surface area contributed by atoms with E-state index < -0.39 is 0 Å². The minimum atomic E-state index is 0.0171. The van der Waals surface area contributed by atoms with E-state index in [0.29, 0.717) is 5.92 Å². The van der Waals surface area contributed by atoms with Crippen LogP contribution in [0.4, 0.5) is 0 Å². The fourth-order valence-corrected chi connectivity index (χ4v) is 4.35. The fourth-order valence-electron chi connectivity index (χ4n) is 4.35. The van der Waals surface area contributed by atoms with Gasteiger partial charge in [-0.1, -0.05) is 18.2 Å². The van der Waals surface area contributed by atoms with E-state index >= 15 is 0 Å². The number of pyridine rings is 1. The highest BCUT2D eigenvalue weighted by molar-refractivity contribution is 5.80. The topological polar surface area (TPSA) is 25.4 Å². The van der Waals surface area contributed by atoms with E-state index in [1.807, 2.05) is 6.07 Å². The van der Waals surface area contributed by atoms with E-state index in [1.54, 1.807) is 0 Å². The molecule has 3 saturated heterocycles. The Morgan fingerprint density at radius 1 is 1.20 bits per heavy atom. The van der Waals surface area contributed by atoms with Crippen molar-refractivity contribution in [1.29, 1.82) is 0 Å². The molecule has 1 aromatic carbocycles. The third-order valence-corrected chi connectivity index (χ3v) is 5.38. The van der Waals surface area contributed by atoms with E-state index in [0.717, 1.165) is 24.4 Å². The van der Waals surface area contributed by atoms with Crippen LogP contribution in [0.1, 0.15) is 18.4 Å². The van der Waals surface area contributed by atoms with Crippen LogP contribution in [0.25, 0.3) is 10.9 Å². The molecule has 0 aliphatic carbocycles. The summed E-state index contributed by atoms with van der Waals surface area (Å²) in [6, 6.07) is 10.6. The molecule has 1 atom stereocenters. The first kappa shape index (κ1) is 11.1. The summed E-state index contributed by atoms with van der Waals surface area (Å²) >= 11 is 0. The zero-order valence-electron chi connectivity index (χ0n) is 11.5. The molecular weight excluding hydrogens is 248 g/mol. The van der Waals surface area contributed by atoms with Crippen LogP contribution >= 0.6 is 0 Å². The summed E-state index contributed by atoms with van der Waals surface area (Å²) in [6.45, 7) is 3.59. The number of aromatic nitrogens is 1. The molecule has 0 N–H and O–H groups in total. The summed E-state index contributed by atoms with van der Waals surface area (Å²) in [6.07, 6.45) is 3.61. The van der Waals surface area contributed by atoms with E-state index in [9.17, 15) is 0 Å². The van der Waals surface area contributed by atoms with Crippen LogP contribution in [0.3, 0.4) is 0 Å². The van der Waals surface area contributed by atoms with Gasteiger partial charge in [-0.2, -0.15) is 0 Å². The summed E-state index contributed by atoms with van der Waals surface area (Å²) in [4.78, 5) is 7.31. The van der Waals surface area contributed by atoms with Gasteiger partial charge in [0.15, 0.2) is 0 Å². The Kier molecular flexibility index (Phi) is 2.07. The van der Waals surface area contributed by atoms with E-state index in [-0.39, 0.29) is 5.60 Å². The van der Waals surface area contributed by atoms with Crippen LogP contribution in [-0.2, 0) is 6.42 Å². The van der Waals surface area contributed by atoms with Crippen LogP contribution in [0.2, 0.25) is 0 Å². The smallest absolute Gasteiger partial charge is 0.217 e. The molecule has 20 heavy (non-hydrogen) atoms. The van der Waals surface area contributed by atoms with Crippen molar-refractivity contribution in [3.05, 3.63) is 35.9 Å². The average Bonchev–Trinajstić information content (AvgIpc) is 2.82. The lowest BCUT2D eigenvalue weighted by Gasteiger charge is -2.50. The van der Waals surface area contributed by atoms with Crippen LogP contribution in [0.5, 0.6) is 5.88 Å². The lowest BCUT2D eigenvalue weighted by Crippen LogP contribution is -2.61. The van der Waals surface area contributed by atoms with Crippen molar-refractivity contribution in [1.82, 2.24) is 9.88 Å². The number of nitrogens with zero attached hydrogens (tertiary/aromatic N) is 2. The quantitative estimate of drug-likeness (QED) is 0.733. The molecular formula is C17H18N2O. The molecule has 1 aromatic heterocycles. The van der Waals surface area contributed by atoms with Crippen LogP contribution in [0.15, 0.2) is 30.3 Å². The van der Waals surface area contributed by atoms with Crippen molar-refractivity contribution in [2.75, 3.05) is 19.6 Å². The molecule has 3 fully saturated rings. The Morgan fingerprint density at radius 2 is 2.05 bits per heavy atom. The van der Waals surface area contributed by atoms with Gasteiger partial charge in [-0.3, -0.25) is 4.90 Å². The summed E-state index contributed by atoms with van der Waals surface area (Å²) in [5.41, 5.74) is 2.37. The van der Waals surface area contributed by atoms with Crippen molar-refractivity contribution < 1.29 is 4.74 Å². The van der Waals surface area contributed by atoms with Gasteiger partial charge < -0.3 is 4.74 Å². The first-order valence-corrected chi connectivity index (χ1v) is 7.62. The molecule has 0 amide bonds. The molecule has 6 rings (SSSR count). The molecule has 3 heteroatoms. The summed E-state index contributed by atoms with van der Waals surface area (Å²) in [7, 11) is 0. The normalized spacial score (nSPS) is 34.4. The predicted octanol–water partition coefficient (Wildman–Crippen LogP) is 2.63. The maximum atomic E-state index is 6.42. The summed E-state index contributed by atoms with van der Waals surface area (Å²) in [5.74, 6) is 1.60. The van der Waals surface area contributed by atoms with Crippen LogP contribution < -0.4 is 4.74 Å². The zero-order chi connectivity index (χ0) is 13.2. The Bertz CT molecular complexity index is 644. The Hall–Kier alpha value is -1.61. The van der Waals surface area contributed by atoms with Gasteiger partial charge in [0.25, 0.3) is 0 Å². The lowest BCUT2D eigenvalue weighted by atomic mass is 9.73. The second-order valence-electron chi connectivity index (χ2n) is 6.54. The number of hydrogen-bond donors (Lipinski definition) is 0. The average molecular weight is 266 g/mol. The van der Waals surface area contributed by atoms with Crippen molar-refractivity contribution in [3.63, 3.8) is 0 Å². The third-order valence-electron chi connectivity index (χ3n) is 5.38. The second-order valence-corrected chi connectivity index (χ2v) is 6.54. The molecule has 3 nitrogen and oxygen atoms in total. The summed E-state index contributed by atoms with van der Waals surface area (Å²) in [5, 5.41) is 1.23. The van der Waals surface area contributed by atoms with E-state index in [4.69, 9.17) is 9.72 Å². The first-order chi connectivity index (χ1) is 9.82. The number of fused-ring (bicyclic) bond motifs is 4. The molecule has 102 valence electrons. The van der Waals surface area contributed by atoms with Crippen molar-refractivity contribution in [3.8, 4) is 5.88 Å². The largest absolute Gasteiger partial charge is 0.469 e. The van der Waals surface area contributed by atoms with Gasteiger partial charge in [0.2, 0.25) is 5.88 Å². The number of para-hydroxylation sites is 1. The Balaban J connectivity index is 1.60. The highest BCUT2D eigenvalue weighted by Gasteiger charge is 2.52. The first-order valence-electron chi connectivity index (χ1n) is 7.62. The maximum Gasteiger partial charge on any atom is 0.217 e. The SMILES string of the molecule is c1ccc2nc3c(cc2c1)CC1(CN2CCC1CC2)O3. The van der Waals surface area contributed by atoms with Gasteiger partial charge in [-0.15, -0.1) is 0 Å². The third kappa shape index (κ3) is 1.41. The molecule has 4 aliphatic heterocycles. The van der Waals surface area contributed by atoms with Crippen LogP contribution in [-0.4, -0.2) is 35.1 Å². The highest BCUT2D eigenvalue weighted by Crippen LogP contribution is 2.46. The Labute approximate surface area is 118 Å². The standard InChI is InChI=1S/C17H18N2O/c1-2-4-15-12(3-1)9-13-10-17(20-16(13)18-15)11-19-7-5-14(17)6-8-19/h1-4,9,14H,5-8,10-11H2. The number of hydrogen-bond acceptors (Lipinski definition) is 3. The van der Waals surface area contributed by atoms with Gasteiger partial charge in [0.1, 0.15) is 5.60 Å². The second kappa shape index (κ2) is 3.73. The molecule has 2 aromatic rings. The Morgan fingerprint density at radius 3 is 2.85 bits per heavy atom. The van der Waals surface area contributed by atoms with Gasteiger partial charge in [-0.25, -0.2) is 4.98 Å². The number of rotatable bonds is 0. The molecule has 0 saturated carbocycles. The molecule has 4 aliphatic rings. The number of benzene rings is 1. The van der Waals surface area contributed by atoms with Crippen LogP contribution in [0, 0.1) is 5.92 Å². The lowest BCUT2D eigenvalue weighted by molar-refractivity contribution is -0.0813. The summed E-state index contributed by atoms with van der Waals surface area (Å²) < 4.78 is 6.42. The molecule has 2 bridgehead atoms. The number of piperidine rings is 3.